The van der Waals surface area contributed by atoms with E-state index in [1.165, 1.54) is 23.5 Å². The van der Waals surface area contributed by atoms with Gasteiger partial charge >= 0.3 is 0 Å². The van der Waals surface area contributed by atoms with Gasteiger partial charge in [-0.25, -0.2) is 4.39 Å². The third kappa shape index (κ3) is 2.87. The molecule has 2 rings (SSSR count). The SMILES string of the molecule is NC(C(=O)Nc1ccc(Cl)c(F)c1)c1cccs1. The maximum absolute atomic E-state index is 13.2. The lowest BCUT2D eigenvalue weighted by molar-refractivity contribution is -0.117. The predicted octanol–water partition coefficient (Wildman–Crippen LogP) is 3.18. The second kappa shape index (κ2) is 5.48. The Morgan fingerprint density at radius 3 is 2.83 bits per heavy atom. The van der Waals surface area contributed by atoms with E-state index in [1.54, 1.807) is 6.07 Å². The third-order valence-electron chi connectivity index (χ3n) is 2.32. The molecule has 0 radical (unpaired) electrons. The van der Waals surface area contributed by atoms with Crippen LogP contribution in [0.25, 0.3) is 0 Å². The molecule has 1 aromatic heterocycles. The molecule has 3 N–H and O–H groups in total. The number of hydrogen-bond donors (Lipinski definition) is 2. The monoisotopic (exact) mass is 284 g/mol. The number of nitrogens with one attached hydrogen (secondary N) is 1. The Morgan fingerprint density at radius 2 is 2.22 bits per heavy atom. The first-order chi connectivity index (χ1) is 8.58. The van der Waals surface area contributed by atoms with E-state index in [2.05, 4.69) is 5.32 Å². The minimum Gasteiger partial charge on any atom is -0.324 e. The van der Waals surface area contributed by atoms with Gasteiger partial charge in [0.1, 0.15) is 11.9 Å². The number of benzene rings is 1. The molecule has 0 saturated carbocycles. The summed E-state index contributed by atoms with van der Waals surface area (Å²) in [5.41, 5.74) is 6.11. The highest BCUT2D eigenvalue weighted by Gasteiger charge is 2.17. The summed E-state index contributed by atoms with van der Waals surface area (Å²) >= 11 is 6.94. The lowest BCUT2D eigenvalue weighted by Gasteiger charge is -2.10. The number of amides is 1. The van der Waals surface area contributed by atoms with E-state index in [-0.39, 0.29) is 10.9 Å². The fraction of sp³-hybridized carbons (Fsp3) is 0.0833. The van der Waals surface area contributed by atoms with Gasteiger partial charge < -0.3 is 11.1 Å². The molecule has 94 valence electrons. The zero-order valence-corrected chi connectivity index (χ0v) is 10.8. The molecule has 3 nitrogen and oxygen atoms in total. The molecular weight excluding hydrogens is 275 g/mol. The van der Waals surface area contributed by atoms with Crippen molar-refractivity contribution in [2.75, 3.05) is 5.32 Å². The molecule has 0 bridgehead atoms. The van der Waals surface area contributed by atoms with Crippen molar-refractivity contribution in [2.24, 2.45) is 5.73 Å². The average Bonchev–Trinajstić information content (AvgIpc) is 2.86. The highest BCUT2D eigenvalue weighted by atomic mass is 35.5. The van der Waals surface area contributed by atoms with Crippen LogP contribution in [0.3, 0.4) is 0 Å². The molecule has 1 atom stereocenters. The van der Waals surface area contributed by atoms with E-state index < -0.39 is 11.9 Å². The van der Waals surface area contributed by atoms with Crippen molar-refractivity contribution < 1.29 is 9.18 Å². The molecule has 18 heavy (non-hydrogen) atoms. The van der Waals surface area contributed by atoms with E-state index in [4.69, 9.17) is 17.3 Å². The maximum Gasteiger partial charge on any atom is 0.246 e. The molecule has 0 spiro atoms. The smallest absolute Gasteiger partial charge is 0.246 e. The molecule has 0 aliphatic heterocycles. The molecular formula is C12H10ClFN2OS. The van der Waals surface area contributed by atoms with Gasteiger partial charge in [0, 0.05) is 10.6 Å². The summed E-state index contributed by atoms with van der Waals surface area (Å²) < 4.78 is 13.2. The van der Waals surface area contributed by atoms with Crippen LogP contribution < -0.4 is 11.1 Å². The first kappa shape index (κ1) is 13.0. The van der Waals surface area contributed by atoms with Crippen molar-refractivity contribution in [3.8, 4) is 0 Å². The predicted molar refractivity (Wildman–Crippen MR) is 71.3 cm³/mol. The second-order valence-corrected chi connectivity index (χ2v) is 5.00. The van der Waals surface area contributed by atoms with Crippen LogP contribution in [0.15, 0.2) is 35.7 Å². The fourth-order valence-corrected chi connectivity index (χ4v) is 2.23. The van der Waals surface area contributed by atoms with Crippen molar-refractivity contribution in [3.05, 3.63) is 51.4 Å². The topological polar surface area (TPSA) is 55.1 Å². The molecule has 6 heteroatoms. The van der Waals surface area contributed by atoms with Gasteiger partial charge in [0.05, 0.1) is 5.02 Å². The Balaban J connectivity index is 2.09. The summed E-state index contributed by atoms with van der Waals surface area (Å²) in [5.74, 6) is -0.974. The van der Waals surface area contributed by atoms with E-state index in [0.29, 0.717) is 5.69 Å². The number of halogens is 2. The summed E-state index contributed by atoms with van der Waals surface area (Å²) in [6, 6.07) is 6.88. The van der Waals surface area contributed by atoms with Crippen molar-refractivity contribution in [1.29, 1.82) is 0 Å². The summed E-state index contributed by atoms with van der Waals surface area (Å²) in [4.78, 5) is 12.6. The summed E-state index contributed by atoms with van der Waals surface area (Å²) in [6.07, 6.45) is 0. The van der Waals surface area contributed by atoms with E-state index >= 15 is 0 Å². The van der Waals surface area contributed by atoms with Gasteiger partial charge in [0.2, 0.25) is 5.91 Å². The Kier molecular flexibility index (Phi) is 3.96. The van der Waals surface area contributed by atoms with Gasteiger partial charge in [0.25, 0.3) is 0 Å². The summed E-state index contributed by atoms with van der Waals surface area (Å²) in [7, 11) is 0. The van der Waals surface area contributed by atoms with E-state index in [1.807, 2.05) is 11.4 Å². The van der Waals surface area contributed by atoms with Gasteiger partial charge in [-0.2, -0.15) is 0 Å². The fourth-order valence-electron chi connectivity index (χ4n) is 1.39. The number of hydrogen-bond acceptors (Lipinski definition) is 3. The van der Waals surface area contributed by atoms with E-state index in [9.17, 15) is 9.18 Å². The van der Waals surface area contributed by atoms with Gasteiger partial charge in [-0.3, -0.25) is 4.79 Å². The molecule has 1 heterocycles. The molecule has 0 fully saturated rings. The minimum absolute atomic E-state index is 0.00977. The zero-order valence-electron chi connectivity index (χ0n) is 9.19. The van der Waals surface area contributed by atoms with Crippen LogP contribution in [0.5, 0.6) is 0 Å². The standard InChI is InChI=1S/C12H10ClFN2OS/c13-8-4-3-7(6-9(8)14)16-12(17)11(15)10-2-1-5-18-10/h1-6,11H,15H2,(H,16,17). The van der Waals surface area contributed by atoms with Crippen molar-refractivity contribution in [1.82, 2.24) is 0 Å². The first-order valence-corrected chi connectivity index (χ1v) is 6.38. The maximum atomic E-state index is 13.2. The van der Waals surface area contributed by atoms with Crippen molar-refractivity contribution >= 4 is 34.5 Å². The average molecular weight is 285 g/mol. The first-order valence-electron chi connectivity index (χ1n) is 5.13. The van der Waals surface area contributed by atoms with Crippen molar-refractivity contribution in [2.45, 2.75) is 6.04 Å². The van der Waals surface area contributed by atoms with Gasteiger partial charge in [-0.05, 0) is 29.6 Å². The number of anilines is 1. The highest BCUT2D eigenvalue weighted by molar-refractivity contribution is 7.10. The lowest BCUT2D eigenvalue weighted by atomic mass is 10.2. The summed E-state index contributed by atoms with van der Waals surface area (Å²) in [6.45, 7) is 0. The second-order valence-electron chi connectivity index (χ2n) is 3.61. The Labute approximate surface area is 112 Å². The molecule has 2 aromatic rings. The van der Waals surface area contributed by atoms with Crippen LogP contribution in [0.1, 0.15) is 10.9 Å². The Morgan fingerprint density at radius 1 is 1.44 bits per heavy atom. The molecule has 0 saturated heterocycles. The lowest BCUT2D eigenvalue weighted by Crippen LogP contribution is -2.26. The Hall–Kier alpha value is -1.43. The normalized spacial score (nSPS) is 12.2. The number of carbonyl (C=O) groups excluding carboxylic acids is 1. The Bertz CT molecular complexity index is 559. The number of thiophene rings is 1. The largest absolute Gasteiger partial charge is 0.324 e. The highest BCUT2D eigenvalue weighted by Crippen LogP contribution is 2.21. The van der Waals surface area contributed by atoms with Crippen LogP contribution in [0.4, 0.5) is 10.1 Å². The number of carbonyl (C=O) groups is 1. The van der Waals surface area contributed by atoms with Gasteiger partial charge in [-0.15, -0.1) is 11.3 Å². The van der Waals surface area contributed by atoms with Crippen LogP contribution >= 0.6 is 22.9 Å². The number of nitrogens with two attached hydrogens (primary N) is 1. The molecule has 0 aliphatic carbocycles. The zero-order chi connectivity index (χ0) is 13.1. The van der Waals surface area contributed by atoms with Crippen LogP contribution in [0, 0.1) is 5.82 Å². The minimum atomic E-state index is -0.760. The van der Waals surface area contributed by atoms with Crippen LogP contribution in [-0.2, 0) is 4.79 Å². The molecule has 1 unspecified atom stereocenters. The number of rotatable bonds is 3. The van der Waals surface area contributed by atoms with E-state index in [0.717, 1.165) is 10.9 Å². The molecule has 1 aromatic carbocycles. The quantitative estimate of drug-likeness (QED) is 0.909. The van der Waals surface area contributed by atoms with Crippen molar-refractivity contribution in [3.63, 3.8) is 0 Å². The van der Waals surface area contributed by atoms with Gasteiger partial charge in [0.15, 0.2) is 0 Å². The third-order valence-corrected chi connectivity index (χ3v) is 3.58. The van der Waals surface area contributed by atoms with Crippen LogP contribution in [0.2, 0.25) is 5.02 Å². The molecule has 1 amide bonds. The molecule has 0 aliphatic rings. The van der Waals surface area contributed by atoms with Gasteiger partial charge in [-0.1, -0.05) is 17.7 Å². The summed E-state index contributed by atoms with van der Waals surface area (Å²) in [5, 5.41) is 4.39. The van der Waals surface area contributed by atoms with Crippen LogP contribution in [-0.4, -0.2) is 5.91 Å².